The number of carbonyl (C=O) groups excluding carboxylic acids is 1. The van der Waals surface area contributed by atoms with E-state index < -0.39 is 0 Å². The predicted octanol–water partition coefficient (Wildman–Crippen LogP) is 3.88. The van der Waals surface area contributed by atoms with Gasteiger partial charge < -0.3 is 5.32 Å². The Bertz CT molecular complexity index is 736. The van der Waals surface area contributed by atoms with Crippen molar-refractivity contribution in [3.63, 3.8) is 0 Å². The Morgan fingerprint density at radius 3 is 2.70 bits per heavy atom. The summed E-state index contributed by atoms with van der Waals surface area (Å²) < 4.78 is 1.12. The maximum atomic E-state index is 12.0. The first-order chi connectivity index (χ1) is 9.74. The summed E-state index contributed by atoms with van der Waals surface area (Å²) in [5.74, 6) is -0.185. The highest BCUT2D eigenvalue weighted by Gasteiger charge is 2.10. The van der Waals surface area contributed by atoms with Gasteiger partial charge >= 0.3 is 0 Å². The Morgan fingerprint density at radius 1 is 1.15 bits per heavy atom. The van der Waals surface area contributed by atoms with Crippen LogP contribution in [0.5, 0.6) is 0 Å². The molecule has 1 heterocycles. The quantitative estimate of drug-likeness (QED) is 0.798. The fourth-order valence-corrected chi connectivity index (χ4v) is 3.02. The number of hydrogen-bond acceptors (Lipinski definition) is 3. The summed E-state index contributed by atoms with van der Waals surface area (Å²) in [6.45, 7) is 0.406. The van der Waals surface area contributed by atoms with Crippen molar-refractivity contribution in [2.75, 3.05) is 0 Å². The van der Waals surface area contributed by atoms with Gasteiger partial charge in [0.1, 0.15) is 5.01 Å². The number of nitrogens with zero attached hydrogens (tertiary/aromatic N) is 1. The van der Waals surface area contributed by atoms with Crippen molar-refractivity contribution in [1.29, 1.82) is 0 Å². The lowest BCUT2D eigenvalue weighted by molar-refractivity contribution is 0.0951. The molecule has 0 spiro atoms. The molecule has 0 unspecified atom stereocenters. The van der Waals surface area contributed by atoms with Crippen molar-refractivity contribution in [2.45, 2.75) is 6.54 Å². The van der Waals surface area contributed by atoms with Gasteiger partial charge in [-0.15, -0.1) is 11.3 Å². The minimum absolute atomic E-state index is 0.185. The Kier molecular flexibility index (Phi) is 3.67. The molecule has 1 N–H and O–H groups in total. The zero-order valence-corrected chi connectivity index (χ0v) is 12.0. The SMILES string of the molecule is O=C(NCc1nc2ccccc2s1)c1ccccc1Cl. The molecule has 3 aromatic rings. The summed E-state index contributed by atoms with van der Waals surface area (Å²) in [7, 11) is 0. The predicted molar refractivity (Wildman–Crippen MR) is 82.2 cm³/mol. The van der Waals surface area contributed by atoms with Crippen LogP contribution in [0.1, 0.15) is 15.4 Å². The Labute approximate surface area is 125 Å². The van der Waals surface area contributed by atoms with Crippen LogP contribution in [0, 0.1) is 0 Å². The van der Waals surface area contributed by atoms with Crippen molar-refractivity contribution >= 4 is 39.1 Å². The van der Waals surface area contributed by atoms with E-state index in [9.17, 15) is 4.79 Å². The molecule has 0 aliphatic carbocycles. The van der Waals surface area contributed by atoms with E-state index in [1.165, 1.54) is 0 Å². The molecular formula is C15H11ClN2OS. The molecule has 0 aliphatic rings. The van der Waals surface area contributed by atoms with Crippen LogP contribution in [-0.4, -0.2) is 10.9 Å². The van der Waals surface area contributed by atoms with Crippen LogP contribution >= 0.6 is 22.9 Å². The molecule has 0 atom stereocenters. The summed E-state index contributed by atoms with van der Waals surface area (Å²) in [5.41, 5.74) is 1.44. The second kappa shape index (κ2) is 5.61. The van der Waals surface area contributed by atoms with Gasteiger partial charge in [0, 0.05) is 0 Å². The zero-order chi connectivity index (χ0) is 13.9. The molecule has 0 bridgehead atoms. The average molecular weight is 303 g/mol. The molecule has 0 saturated carbocycles. The number of aromatic nitrogens is 1. The molecule has 20 heavy (non-hydrogen) atoms. The van der Waals surface area contributed by atoms with E-state index in [0.29, 0.717) is 17.1 Å². The first-order valence-corrected chi connectivity index (χ1v) is 7.30. The first kappa shape index (κ1) is 13.1. The van der Waals surface area contributed by atoms with Gasteiger partial charge in [-0.3, -0.25) is 4.79 Å². The molecule has 3 rings (SSSR count). The van der Waals surface area contributed by atoms with Gasteiger partial charge in [-0.25, -0.2) is 4.98 Å². The van der Waals surface area contributed by atoms with Gasteiger partial charge in [0.15, 0.2) is 0 Å². The molecule has 1 amide bonds. The molecule has 0 radical (unpaired) electrons. The van der Waals surface area contributed by atoms with Crippen molar-refractivity contribution in [3.05, 3.63) is 64.1 Å². The summed E-state index contributed by atoms with van der Waals surface area (Å²) in [5, 5.41) is 4.18. The van der Waals surface area contributed by atoms with E-state index in [1.807, 2.05) is 24.3 Å². The summed E-state index contributed by atoms with van der Waals surface area (Å²) >= 11 is 7.57. The molecule has 5 heteroatoms. The lowest BCUT2D eigenvalue weighted by atomic mass is 10.2. The highest BCUT2D eigenvalue weighted by molar-refractivity contribution is 7.18. The number of para-hydroxylation sites is 1. The zero-order valence-electron chi connectivity index (χ0n) is 10.5. The number of halogens is 1. The molecule has 0 fully saturated rings. The van der Waals surface area contributed by atoms with Crippen molar-refractivity contribution < 1.29 is 4.79 Å². The van der Waals surface area contributed by atoms with Crippen molar-refractivity contribution in [1.82, 2.24) is 10.3 Å². The molecule has 2 aromatic carbocycles. The van der Waals surface area contributed by atoms with Crippen molar-refractivity contribution in [3.8, 4) is 0 Å². The number of rotatable bonds is 3. The van der Waals surface area contributed by atoms with Crippen LogP contribution in [0.2, 0.25) is 5.02 Å². The lowest BCUT2D eigenvalue weighted by Gasteiger charge is -2.04. The number of carbonyl (C=O) groups is 1. The monoisotopic (exact) mass is 302 g/mol. The van der Waals surface area contributed by atoms with Crippen LogP contribution in [0.25, 0.3) is 10.2 Å². The maximum absolute atomic E-state index is 12.0. The average Bonchev–Trinajstić information content (AvgIpc) is 2.88. The van der Waals surface area contributed by atoms with Crippen LogP contribution < -0.4 is 5.32 Å². The Morgan fingerprint density at radius 2 is 1.90 bits per heavy atom. The van der Waals surface area contributed by atoms with Crippen LogP contribution in [0.4, 0.5) is 0 Å². The van der Waals surface area contributed by atoms with E-state index in [-0.39, 0.29) is 5.91 Å². The van der Waals surface area contributed by atoms with Gasteiger partial charge in [0.2, 0.25) is 0 Å². The van der Waals surface area contributed by atoms with Crippen LogP contribution in [-0.2, 0) is 6.54 Å². The lowest BCUT2D eigenvalue weighted by Crippen LogP contribution is -2.22. The third-order valence-electron chi connectivity index (χ3n) is 2.86. The molecular weight excluding hydrogens is 292 g/mol. The molecule has 0 aliphatic heterocycles. The summed E-state index contributed by atoms with van der Waals surface area (Å²) in [4.78, 5) is 16.5. The number of fused-ring (bicyclic) bond motifs is 1. The van der Waals surface area contributed by atoms with Crippen LogP contribution in [0.3, 0.4) is 0 Å². The van der Waals surface area contributed by atoms with Crippen molar-refractivity contribution in [2.24, 2.45) is 0 Å². The fraction of sp³-hybridized carbons (Fsp3) is 0.0667. The van der Waals surface area contributed by atoms with E-state index >= 15 is 0 Å². The normalized spacial score (nSPS) is 10.7. The van der Waals surface area contributed by atoms with E-state index in [2.05, 4.69) is 10.3 Å². The van der Waals surface area contributed by atoms with E-state index in [0.717, 1.165) is 15.2 Å². The largest absolute Gasteiger partial charge is 0.345 e. The Hall–Kier alpha value is -1.91. The minimum Gasteiger partial charge on any atom is -0.345 e. The topological polar surface area (TPSA) is 42.0 Å². The van der Waals surface area contributed by atoms with E-state index in [4.69, 9.17) is 11.6 Å². The summed E-state index contributed by atoms with van der Waals surface area (Å²) in [6.07, 6.45) is 0. The number of nitrogens with one attached hydrogen (secondary N) is 1. The highest BCUT2D eigenvalue weighted by Crippen LogP contribution is 2.21. The summed E-state index contributed by atoms with van der Waals surface area (Å²) in [6, 6.07) is 14.9. The van der Waals surface area contributed by atoms with Gasteiger partial charge in [-0.05, 0) is 24.3 Å². The minimum atomic E-state index is -0.185. The second-order valence-electron chi connectivity index (χ2n) is 4.24. The third kappa shape index (κ3) is 2.66. The molecule has 1 aromatic heterocycles. The second-order valence-corrected chi connectivity index (χ2v) is 5.76. The van der Waals surface area contributed by atoms with Gasteiger partial charge in [-0.1, -0.05) is 35.9 Å². The van der Waals surface area contributed by atoms with Gasteiger partial charge in [-0.2, -0.15) is 0 Å². The maximum Gasteiger partial charge on any atom is 0.253 e. The van der Waals surface area contributed by atoms with Gasteiger partial charge in [0.05, 0.1) is 27.3 Å². The number of benzene rings is 2. The standard InChI is InChI=1S/C15H11ClN2OS/c16-11-6-2-1-5-10(11)15(19)17-9-14-18-12-7-3-4-8-13(12)20-14/h1-8H,9H2,(H,17,19). The van der Waals surface area contributed by atoms with E-state index in [1.54, 1.807) is 35.6 Å². The van der Waals surface area contributed by atoms with Gasteiger partial charge in [0.25, 0.3) is 5.91 Å². The molecule has 0 saturated heterocycles. The smallest absolute Gasteiger partial charge is 0.253 e. The number of thiazole rings is 1. The molecule has 100 valence electrons. The third-order valence-corrected chi connectivity index (χ3v) is 4.22. The number of hydrogen-bond donors (Lipinski definition) is 1. The Balaban J connectivity index is 1.73. The van der Waals surface area contributed by atoms with Crippen LogP contribution in [0.15, 0.2) is 48.5 Å². The fourth-order valence-electron chi connectivity index (χ4n) is 1.89. The first-order valence-electron chi connectivity index (χ1n) is 6.11. The number of amides is 1. The highest BCUT2D eigenvalue weighted by atomic mass is 35.5. The molecule has 3 nitrogen and oxygen atoms in total.